The Bertz CT molecular complexity index is 940. The summed E-state index contributed by atoms with van der Waals surface area (Å²) in [5.74, 6) is 0.0511. The minimum absolute atomic E-state index is 0.0315. The van der Waals surface area contributed by atoms with Crippen molar-refractivity contribution in [1.29, 1.82) is 0 Å². The van der Waals surface area contributed by atoms with Gasteiger partial charge in [-0.2, -0.15) is 0 Å². The van der Waals surface area contributed by atoms with Gasteiger partial charge in [-0.1, -0.05) is 12.1 Å². The Kier molecular flexibility index (Phi) is 6.18. The highest BCUT2D eigenvalue weighted by atomic mass is 32.1. The van der Waals surface area contributed by atoms with Crippen molar-refractivity contribution in [3.63, 3.8) is 0 Å². The van der Waals surface area contributed by atoms with Crippen LogP contribution in [-0.2, 0) is 16.0 Å². The lowest BCUT2D eigenvalue weighted by Gasteiger charge is -2.37. The number of amides is 2. The van der Waals surface area contributed by atoms with E-state index in [1.165, 1.54) is 17.0 Å². The molecule has 158 valence electrons. The summed E-state index contributed by atoms with van der Waals surface area (Å²) >= 11 is 1.67. The van der Waals surface area contributed by atoms with Crippen LogP contribution in [0.5, 0.6) is 5.75 Å². The molecule has 1 aromatic carbocycles. The van der Waals surface area contributed by atoms with E-state index < -0.39 is 0 Å². The van der Waals surface area contributed by atoms with E-state index in [0.29, 0.717) is 18.8 Å². The van der Waals surface area contributed by atoms with Crippen LogP contribution in [0.3, 0.4) is 0 Å². The van der Waals surface area contributed by atoms with Gasteiger partial charge in [-0.3, -0.25) is 9.59 Å². The molecule has 2 amide bonds. The van der Waals surface area contributed by atoms with E-state index in [1.54, 1.807) is 39.3 Å². The van der Waals surface area contributed by atoms with Crippen LogP contribution in [0.1, 0.15) is 29.3 Å². The zero-order chi connectivity index (χ0) is 21.1. The third kappa shape index (κ3) is 4.56. The van der Waals surface area contributed by atoms with E-state index in [0.717, 1.165) is 24.8 Å². The third-order valence-corrected chi connectivity index (χ3v) is 6.53. The quantitative estimate of drug-likeness (QED) is 0.601. The van der Waals surface area contributed by atoms with E-state index in [9.17, 15) is 14.0 Å². The van der Waals surface area contributed by atoms with Crippen LogP contribution >= 0.6 is 11.3 Å². The minimum Gasteiger partial charge on any atom is -0.491 e. The second-order valence-corrected chi connectivity index (χ2v) is 8.70. The first-order chi connectivity index (χ1) is 14.6. The molecule has 30 heavy (non-hydrogen) atoms. The van der Waals surface area contributed by atoms with Gasteiger partial charge in [0, 0.05) is 30.0 Å². The van der Waals surface area contributed by atoms with Crippen LogP contribution in [0.4, 0.5) is 4.39 Å². The Hall–Kier alpha value is -2.67. The van der Waals surface area contributed by atoms with Gasteiger partial charge >= 0.3 is 0 Å². The van der Waals surface area contributed by atoms with Gasteiger partial charge in [-0.25, -0.2) is 4.39 Å². The van der Waals surface area contributed by atoms with Crippen molar-refractivity contribution in [3.05, 3.63) is 64.6 Å². The molecule has 1 aromatic heterocycles. The molecule has 1 saturated carbocycles. The Balaban J connectivity index is 1.50. The monoisotopic (exact) mass is 428 g/mol. The van der Waals surface area contributed by atoms with Crippen molar-refractivity contribution in [1.82, 2.24) is 9.80 Å². The number of ether oxygens (including phenoxy) is 1. The van der Waals surface area contributed by atoms with Gasteiger partial charge in [0.1, 0.15) is 24.7 Å². The number of thiophene rings is 1. The summed E-state index contributed by atoms with van der Waals surface area (Å²) in [6.07, 6.45) is 4.23. The lowest BCUT2D eigenvalue weighted by molar-refractivity contribution is -0.142. The van der Waals surface area contributed by atoms with Crippen LogP contribution in [0.25, 0.3) is 0 Å². The maximum absolute atomic E-state index is 13.5. The number of hydrogen-bond donors (Lipinski definition) is 0. The van der Waals surface area contributed by atoms with E-state index in [-0.39, 0.29) is 42.7 Å². The lowest BCUT2D eigenvalue weighted by atomic mass is 10.0. The Morgan fingerprint density at radius 3 is 2.90 bits per heavy atom. The SMILES string of the molecule is C=CCN(CC(=O)N1CCc2sccc2C1COc1cccc(F)c1)C(=O)C1CC1. The van der Waals surface area contributed by atoms with Crippen molar-refractivity contribution in [2.45, 2.75) is 25.3 Å². The topological polar surface area (TPSA) is 49.9 Å². The Morgan fingerprint density at radius 1 is 1.33 bits per heavy atom. The lowest BCUT2D eigenvalue weighted by Crippen LogP contribution is -2.48. The van der Waals surface area contributed by atoms with Crippen molar-refractivity contribution >= 4 is 23.2 Å². The fourth-order valence-electron chi connectivity index (χ4n) is 3.84. The molecular weight excluding hydrogens is 403 g/mol. The van der Waals surface area contributed by atoms with E-state index >= 15 is 0 Å². The van der Waals surface area contributed by atoms with Crippen molar-refractivity contribution in [2.75, 3.05) is 26.2 Å². The molecule has 1 atom stereocenters. The van der Waals surface area contributed by atoms with E-state index in [2.05, 4.69) is 6.58 Å². The zero-order valence-electron chi connectivity index (χ0n) is 16.8. The average Bonchev–Trinajstić information content (AvgIpc) is 3.48. The summed E-state index contributed by atoms with van der Waals surface area (Å²) < 4.78 is 19.4. The maximum Gasteiger partial charge on any atom is 0.242 e. The number of carbonyl (C=O) groups is 2. The molecule has 1 unspecified atom stereocenters. The van der Waals surface area contributed by atoms with Gasteiger partial charge in [0.15, 0.2) is 0 Å². The Labute approximate surface area is 179 Å². The first-order valence-corrected chi connectivity index (χ1v) is 11.1. The summed E-state index contributed by atoms with van der Waals surface area (Å²) in [4.78, 5) is 30.4. The second-order valence-electron chi connectivity index (χ2n) is 7.70. The molecule has 0 radical (unpaired) electrons. The second kappa shape index (κ2) is 9.00. The number of carbonyl (C=O) groups excluding carboxylic acids is 2. The summed E-state index contributed by atoms with van der Waals surface area (Å²) in [6.45, 7) is 4.93. The van der Waals surface area contributed by atoms with Gasteiger partial charge in [0.05, 0.1) is 6.04 Å². The van der Waals surface area contributed by atoms with Crippen molar-refractivity contribution in [2.24, 2.45) is 5.92 Å². The summed E-state index contributed by atoms with van der Waals surface area (Å²) in [5, 5.41) is 2.02. The van der Waals surface area contributed by atoms with E-state index in [1.807, 2.05) is 11.4 Å². The van der Waals surface area contributed by atoms with Crippen molar-refractivity contribution in [3.8, 4) is 5.75 Å². The van der Waals surface area contributed by atoms with Crippen molar-refractivity contribution < 1.29 is 18.7 Å². The standard InChI is InChI=1S/C23H25FN2O3S/c1-2-10-25(23(28)16-6-7-16)14-22(27)26-11-8-21-19(9-12-30-21)20(26)15-29-18-5-3-4-17(24)13-18/h2-5,9,12-13,16,20H,1,6-8,10-11,14-15H2. The molecule has 0 spiro atoms. The van der Waals surface area contributed by atoms with Gasteiger partial charge in [-0.05, 0) is 48.4 Å². The number of hydrogen-bond acceptors (Lipinski definition) is 4. The van der Waals surface area contributed by atoms with Gasteiger partial charge < -0.3 is 14.5 Å². The Morgan fingerprint density at radius 2 is 2.17 bits per heavy atom. The van der Waals surface area contributed by atoms with Crippen LogP contribution in [0, 0.1) is 11.7 Å². The van der Waals surface area contributed by atoms with Gasteiger partial charge in [0.25, 0.3) is 0 Å². The fraction of sp³-hybridized carbons (Fsp3) is 0.391. The first-order valence-electron chi connectivity index (χ1n) is 10.2. The third-order valence-electron chi connectivity index (χ3n) is 5.53. The smallest absolute Gasteiger partial charge is 0.242 e. The molecule has 2 heterocycles. The summed E-state index contributed by atoms with van der Waals surface area (Å²) in [5.41, 5.74) is 1.07. The molecule has 0 saturated heterocycles. The average molecular weight is 429 g/mol. The largest absolute Gasteiger partial charge is 0.491 e. The maximum atomic E-state index is 13.5. The molecule has 0 bridgehead atoms. The first kappa shape index (κ1) is 20.6. The molecule has 0 N–H and O–H groups in total. The predicted molar refractivity (Wildman–Crippen MR) is 114 cm³/mol. The number of fused-ring (bicyclic) bond motifs is 1. The summed E-state index contributed by atoms with van der Waals surface area (Å²) in [6, 6.07) is 7.76. The number of benzene rings is 1. The highest BCUT2D eigenvalue weighted by molar-refractivity contribution is 7.10. The van der Waals surface area contributed by atoms with Crippen LogP contribution < -0.4 is 4.74 Å². The van der Waals surface area contributed by atoms with Gasteiger partial charge in [0.2, 0.25) is 11.8 Å². The minimum atomic E-state index is -0.362. The normalized spacial score (nSPS) is 17.9. The number of nitrogens with zero attached hydrogens (tertiary/aromatic N) is 2. The van der Waals surface area contributed by atoms with Crippen LogP contribution in [0.2, 0.25) is 0 Å². The highest BCUT2D eigenvalue weighted by Gasteiger charge is 2.36. The molecule has 7 heteroatoms. The molecule has 5 nitrogen and oxygen atoms in total. The predicted octanol–water partition coefficient (Wildman–Crippen LogP) is 3.82. The zero-order valence-corrected chi connectivity index (χ0v) is 17.6. The number of halogens is 1. The molecule has 1 fully saturated rings. The molecule has 2 aliphatic rings. The molecular formula is C23H25FN2O3S. The molecule has 1 aliphatic heterocycles. The van der Waals surface area contributed by atoms with Crippen LogP contribution in [0.15, 0.2) is 48.4 Å². The van der Waals surface area contributed by atoms with Gasteiger partial charge in [-0.15, -0.1) is 17.9 Å². The molecule has 1 aliphatic carbocycles. The molecule has 2 aromatic rings. The van der Waals surface area contributed by atoms with Crippen LogP contribution in [-0.4, -0.2) is 47.9 Å². The highest BCUT2D eigenvalue weighted by Crippen LogP contribution is 2.35. The van der Waals surface area contributed by atoms with E-state index in [4.69, 9.17) is 4.74 Å². The fourth-order valence-corrected chi connectivity index (χ4v) is 4.77. The molecule has 4 rings (SSSR count). The summed E-state index contributed by atoms with van der Waals surface area (Å²) in [7, 11) is 0. The number of rotatable bonds is 8.